The maximum Gasteiger partial charge on any atom is 0.257 e. The first-order valence-electron chi connectivity index (χ1n) is 9.62. The molecular formula is C21H26ClN3O4S. The van der Waals surface area contributed by atoms with Crippen LogP contribution in [0.2, 0.25) is 5.02 Å². The second kappa shape index (κ2) is 10.1. The molecule has 0 radical (unpaired) electrons. The van der Waals surface area contributed by atoms with E-state index in [2.05, 4.69) is 10.6 Å². The van der Waals surface area contributed by atoms with Crippen LogP contribution in [0.15, 0.2) is 47.4 Å². The second-order valence-electron chi connectivity index (χ2n) is 6.86. The number of benzene rings is 2. The van der Waals surface area contributed by atoms with Crippen LogP contribution in [0.5, 0.6) is 0 Å². The topological polar surface area (TPSA) is 95.6 Å². The molecule has 0 spiro atoms. The van der Waals surface area contributed by atoms with Crippen LogP contribution >= 0.6 is 11.6 Å². The van der Waals surface area contributed by atoms with Crippen molar-refractivity contribution in [1.29, 1.82) is 0 Å². The molecule has 162 valence electrons. The standard InChI is InChI=1S/C21H26ClN3O4S/c1-5-25(6-2)30(28,29)15-11-12-18(22)17(13-15)21(27)24-19-10-8-7-9-16(19)20(26)23-14(3)4/h7-14H,5-6H2,1-4H3,(H,23,26)(H,24,27). The third kappa shape index (κ3) is 5.38. The van der Waals surface area contributed by atoms with Gasteiger partial charge in [0.15, 0.2) is 0 Å². The van der Waals surface area contributed by atoms with Crippen LogP contribution in [0.1, 0.15) is 48.4 Å². The molecule has 2 N–H and O–H groups in total. The summed E-state index contributed by atoms with van der Waals surface area (Å²) in [7, 11) is -3.75. The number of nitrogens with one attached hydrogen (secondary N) is 2. The molecule has 0 saturated heterocycles. The predicted octanol–water partition coefficient (Wildman–Crippen LogP) is 3.76. The fraction of sp³-hybridized carbons (Fsp3) is 0.333. The molecule has 30 heavy (non-hydrogen) atoms. The van der Waals surface area contributed by atoms with Crippen molar-refractivity contribution >= 4 is 39.1 Å². The number of rotatable bonds is 8. The lowest BCUT2D eigenvalue weighted by Crippen LogP contribution is -2.31. The molecule has 0 atom stereocenters. The normalized spacial score (nSPS) is 11.6. The average Bonchev–Trinajstić information content (AvgIpc) is 2.68. The Balaban J connectivity index is 2.39. The van der Waals surface area contributed by atoms with Gasteiger partial charge in [0.1, 0.15) is 0 Å². The van der Waals surface area contributed by atoms with Gasteiger partial charge in [-0.2, -0.15) is 4.31 Å². The molecule has 9 heteroatoms. The van der Waals surface area contributed by atoms with E-state index in [1.165, 1.54) is 22.5 Å². The highest BCUT2D eigenvalue weighted by atomic mass is 35.5. The molecule has 2 amide bonds. The second-order valence-corrected chi connectivity index (χ2v) is 9.20. The van der Waals surface area contributed by atoms with E-state index in [4.69, 9.17) is 11.6 Å². The first kappa shape index (κ1) is 23.9. The molecule has 0 bridgehead atoms. The van der Waals surface area contributed by atoms with Gasteiger partial charge in [-0.1, -0.05) is 37.6 Å². The average molecular weight is 452 g/mol. The molecule has 0 aromatic heterocycles. The Kier molecular flexibility index (Phi) is 8.00. The highest BCUT2D eigenvalue weighted by Gasteiger charge is 2.24. The van der Waals surface area contributed by atoms with Gasteiger partial charge in [-0.15, -0.1) is 0 Å². The summed E-state index contributed by atoms with van der Waals surface area (Å²) < 4.78 is 26.9. The summed E-state index contributed by atoms with van der Waals surface area (Å²) in [5, 5.41) is 5.55. The quantitative estimate of drug-likeness (QED) is 0.638. The van der Waals surface area contributed by atoms with Gasteiger partial charge in [0.2, 0.25) is 10.0 Å². The molecule has 0 unspecified atom stereocenters. The molecule has 0 heterocycles. The maximum absolute atomic E-state index is 12.9. The van der Waals surface area contributed by atoms with E-state index >= 15 is 0 Å². The minimum absolute atomic E-state index is 0.00367. The minimum Gasteiger partial charge on any atom is -0.350 e. The van der Waals surface area contributed by atoms with Crippen molar-refractivity contribution < 1.29 is 18.0 Å². The molecule has 2 aromatic carbocycles. The van der Waals surface area contributed by atoms with Crippen LogP contribution in [-0.4, -0.2) is 43.7 Å². The SMILES string of the molecule is CCN(CC)S(=O)(=O)c1ccc(Cl)c(C(=O)Nc2ccccc2C(=O)NC(C)C)c1. The fourth-order valence-corrected chi connectivity index (χ4v) is 4.56. The zero-order chi connectivity index (χ0) is 22.5. The summed E-state index contributed by atoms with van der Waals surface area (Å²) in [6, 6.07) is 10.5. The molecule has 0 aliphatic carbocycles. The van der Waals surface area contributed by atoms with Crippen LogP contribution < -0.4 is 10.6 Å². The Hall–Kier alpha value is -2.42. The van der Waals surface area contributed by atoms with Crippen LogP contribution in [0.25, 0.3) is 0 Å². The van der Waals surface area contributed by atoms with E-state index < -0.39 is 15.9 Å². The van der Waals surface area contributed by atoms with E-state index in [1.54, 1.807) is 38.1 Å². The molecule has 0 fully saturated rings. The first-order chi connectivity index (χ1) is 14.1. The highest BCUT2D eigenvalue weighted by molar-refractivity contribution is 7.89. The molecule has 0 aliphatic rings. The molecule has 2 aromatic rings. The Morgan fingerprint density at radius 3 is 2.23 bits per heavy atom. The summed E-state index contributed by atoms with van der Waals surface area (Å²) in [5.74, 6) is -0.939. The number of amides is 2. The monoisotopic (exact) mass is 451 g/mol. The van der Waals surface area contributed by atoms with Crippen molar-refractivity contribution in [2.24, 2.45) is 0 Å². The van der Waals surface area contributed by atoms with Crippen molar-refractivity contribution in [2.75, 3.05) is 18.4 Å². The summed E-state index contributed by atoms with van der Waals surface area (Å²) in [5.41, 5.74) is 0.597. The van der Waals surface area contributed by atoms with E-state index in [0.29, 0.717) is 24.3 Å². The largest absolute Gasteiger partial charge is 0.350 e. The minimum atomic E-state index is -3.75. The Labute approximate surface area is 182 Å². The van der Waals surface area contributed by atoms with Crippen molar-refractivity contribution in [1.82, 2.24) is 9.62 Å². The summed E-state index contributed by atoms with van der Waals surface area (Å²) in [4.78, 5) is 25.3. The van der Waals surface area contributed by atoms with Crippen molar-refractivity contribution in [2.45, 2.75) is 38.6 Å². The Bertz CT molecular complexity index is 1030. The number of hydrogen-bond donors (Lipinski definition) is 2. The number of carbonyl (C=O) groups excluding carboxylic acids is 2. The van der Waals surface area contributed by atoms with Gasteiger partial charge < -0.3 is 10.6 Å². The third-order valence-electron chi connectivity index (χ3n) is 4.37. The van der Waals surface area contributed by atoms with Crippen molar-refractivity contribution in [3.63, 3.8) is 0 Å². The highest BCUT2D eigenvalue weighted by Crippen LogP contribution is 2.25. The van der Waals surface area contributed by atoms with Crippen LogP contribution in [0.3, 0.4) is 0 Å². The maximum atomic E-state index is 12.9. The molecule has 0 aliphatic heterocycles. The van der Waals surface area contributed by atoms with E-state index in [0.717, 1.165) is 0 Å². The van der Waals surface area contributed by atoms with Gasteiger partial charge in [-0.3, -0.25) is 9.59 Å². The number of para-hydroxylation sites is 1. The lowest BCUT2D eigenvalue weighted by atomic mass is 10.1. The van der Waals surface area contributed by atoms with Gasteiger partial charge in [0.25, 0.3) is 11.8 Å². The molecule has 7 nitrogen and oxygen atoms in total. The van der Waals surface area contributed by atoms with E-state index in [9.17, 15) is 18.0 Å². The number of carbonyl (C=O) groups is 2. The lowest BCUT2D eigenvalue weighted by molar-refractivity contribution is 0.0944. The Morgan fingerprint density at radius 1 is 1.00 bits per heavy atom. The lowest BCUT2D eigenvalue weighted by Gasteiger charge is -2.19. The fourth-order valence-electron chi connectivity index (χ4n) is 2.87. The summed E-state index contributed by atoms with van der Waals surface area (Å²) in [6.45, 7) is 7.76. The van der Waals surface area contributed by atoms with Crippen LogP contribution in [0.4, 0.5) is 5.69 Å². The number of anilines is 1. The van der Waals surface area contributed by atoms with Gasteiger partial charge in [0.05, 0.1) is 26.7 Å². The zero-order valence-corrected chi connectivity index (χ0v) is 19.0. The summed E-state index contributed by atoms with van der Waals surface area (Å²) >= 11 is 6.18. The van der Waals surface area contributed by atoms with Crippen molar-refractivity contribution in [3.05, 3.63) is 58.6 Å². The number of sulfonamides is 1. The zero-order valence-electron chi connectivity index (χ0n) is 17.4. The smallest absolute Gasteiger partial charge is 0.257 e. The van der Waals surface area contributed by atoms with Gasteiger partial charge >= 0.3 is 0 Å². The summed E-state index contributed by atoms with van der Waals surface area (Å²) in [6.07, 6.45) is 0. The Morgan fingerprint density at radius 2 is 1.63 bits per heavy atom. The molecular weight excluding hydrogens is 426 g/mol. The van der Waals surface area contributed by atoms with Gasteiger partial charge in [-0.05, 0) is 44.2 Å². The molecule has 2 rings (SSSR count). The van der Waals surface area contributed by atoms with Gasteiger partial charge in [0, 0.05) is 19.1 Å². The van der Waals surface area contributed by atoms with Crippen LogP contribution in [-0.2, 0) is 10.0 Å². The van der Waals surface area contributed by atoms with E-state index in [1.807, 2.05) is 13.8 Å². The van der Waals surface area contributed by atoms with Gasteiger partial charge in [-0.25, -0.2) is 8.42 Å². The third-order valence-corrected chi connectivity index (χ3v) is 6.74. The van der Waals surface area contributed by atoms with Crippen LogP contribution in [0, 0.1) is 0 Å². The van der Waals surface area contributed by atoms with E-state index in [-0.39, 0.29) is 27.4 Å². The van der Waals surface area contributed by atoms with Crippen molar-refractivity contribution in [3.8, 4) is 0 Å². The number of nitrogens with zero attached hydrogens (tertiary/aromatic N) is 1. The predicted molar refractivity (Wildman–Crippen MR) is 119 cm³/mol. The number of hydrogen-bond acceptors (Lipinski definition) is 4. The first-order valence-corrected chi connectivity index (χ1v) is 11.4. The molecule has 0 saturated carbocycles. The number of halogens is 1.